The van der Waals surface area contributed by atoms with Crippen molar-refractivity contribution >= 4 is 52.6 Å². The number of nitrogens with zero attached hydrogens (tertiary/aromatic N) is 2. The van der Waals surface area contributed by atoms with Gasteiger partial charge in [-0.05, 0) is 82.3 Å². The Morgan fingerprint density at radius 2 is 1.85 bits per heavy atom. The summed E-state index contributed by atoms with van der Waals surface area (Å²) in [6.07, 6.45) is 1.99. The predicted molar refractivity (Wildman–Crippen MR) is 180 cm³/mol. The summed E-state index contributed by atoms with van der Waals surface area (Å²) in [6.45, 7) is 5.06. The molecule has 2 unspecified atom stereocenters. The molecule has 3 aromatic rings. The second-order valence-electron chi connectivity index (χ2n) is 12.6. The molecule has 6 rings (SSSR count). The number of aromatic amines is 1. The largest absolute Gasteiger partial charge is 0.383 e. The SMILES string of the molecule is Cc1[nH]c(/C=C2/c3cc(CCN(C)C)ccc3NC2O)c(C)c1C(=O)NCCNc1cccc2c1C(=O)N(C1CCC(=O)NC1=O)C2=O. The zero-order valence-electron chi connectivity index (χ0n) is 27.3. The summed E-state index contributed by atoms with van der Waals surface area (Å²) in [5.41, 5.74) is 7.06. The van der Waals surface area contributed by atoms with Gasteiger partial charge in [0.25, 0.3) is 17.7 Å². The van der Waals surface area contributed by atoms with E-state index in [1.165, 1.54) is 11.6 Å². The Kier molecular flexibility index (Phi) is 8.91. The fourth-order valence-electron chi connectivity index (χ4n) is 6.53. The minimum absolute atomic E-state index is 0.0406. The number of carbonyl (C=O) groups excluding carboxylic acids is 5. The Bertz CT molecular complexity index is 1880. The Morgan fingerprint density at radius 3 is 2.60 bits per heavy atom. The third-order valence-corrected chi connectivity index (χ3v) is 9.03. The van der Waals surface area contributed by atoms with E-state index in [2.05, 4.69) is 43.3 Å². The average Bonchev–Trinajstić information content (AvgIpc) is 3.61. The molecule has 3 aliphatic heterocycles. The van der Waals surface area contributed by atoms with E-state index in [1.54, 1.807) is 12.1 Å². The zero-order valence-corrected chi connectivity index (χ0v) is 27.3. The number of hydrogen-bond donors (Lipinski definition) is 6. The van der Waals surface area contributed by atoms with Crippen molar-refractivity contribution in [2.45, 2.75) is 45.4 Å². The highest BCUT2D eigenvalue weighted by molar-refractivity contribution is 6.25. The fourth-order valence-corrected chi connectivity index (χ4v) is 6.53. The first kappa shape index (κ1) is 32.7. The van der Waals surface area contributed by atoms with E-state index in [0.29, 0.717) is 16.9 Å². The predicted octanol–water partition coefficient (Wildman–Crippen LogP) is 2.26. The summed E-state index contributed by atoms with van der Waals surface area (Å²) in [5, 5.41) is 22.2. The van der Waals surface area contributed by atoms with Crippen molar-refractivity contribution in [3.8, 4) is 0 Å². The lowest BCUT2D eigenvalue weighted by atomic mass is 10.00. The van der Waals surface area contributed by atoms with Crippen molar-refractivity contribution < 1.29 is 29.1 Å². The highest BCUT2D eigenvalue weighted by Crippen LogP contribution is 2.37. The normalized spacial score (nSPS) is 19.5. The first-order chi connectivity index (χ1) is 22.9. The fraction of sp³-hybridized carbons (Fsp3) is 0.343. The minimum Gasteiger partial charge on any atom is -0.383 e. The van der Waals surface area contributed by atoms with Gasteiger partial charge in [0.15, 0.2) is 6.23 Å². The second-order valence-corrected chi connectivity index (χ2v) is 12.6. The lowest BCUT2D eigenvalue weighted by Crippen LogP contribution is -2.54. The summed E-state index contributed by atoms with van der Waals surface area (Å²) in [6, 6.07) is 9.92. The Balaban J connectivity index is 1.11. The Morgan fingerprint density at radius 1 is 1.06 bits per heavy atom. The maximum atomic E-state index is 13.3. The molecule has 0 spiro atoms. The molecule has 13 heteroatoms. The molecular formula is C35H39N7O6. The van der Waals surface area contributed by atoms with Gasteiger partial charge in [-0.15, -0.1) is 0 Å². The molecule has 48 heavy (non-hydrogen) atoms. The third kappa shape index (κ3) is 6.09. The van der Waals surface area contributed by atoms with Gasteiger partial charge in [-0.3, -0.25) is 34.2 Å². The molecule has 0 radical (unpaired) electrons. The van der Waals surface area contributed by atoms with Crippen LogP contribution in [-0.2, 0) is 16.0 Å². The van der Waals surface area contributed by atoms with Gasteiger partial charge in [0.05, 0.1) is 16.7 Å². The van der Waals surface area contributed by atoms with Gasteiger partial charge in [-0.1, -0.05) is 12.1 Å². The average molecular weight is 654 g/mol. The molecule has 6 N–H and O–H groups in total. The number of aliphatic hydroxyl groups excluding tert-OH is 1. The number of benzene rings is 2. The number of rotatable bonds is 10. The van der Waals surface area contributed by atoms with Gasteiger partial charge in [0.2, 0.25) is 11.8 Å². The topological polar surface area (TPSA) is 176 Å². The Labute approximate surface area is 277 Å². The number of likely N-dealkylation sites (N-methyl/N-ethyl adjacent to an activating group) is 1. The van der Waals surface area contributed by atoms with E-state index >= 15 is 0 Å². The molecule has 0 saturated carbocycles. The standard InChI is InChI=1S/C35H39N7O6/c1-18-26(17-23-22-16-20(12-15-41(3)4)8-9-24(22)39-31(23)44)38-19(2)29(18)33(46)37-14-13-36-25-7-5-6-21-30(25)35(48)42(34(21)47)27-10-11-28(43)40-32(27)45/h5-9,16-17,27,31,36,38-39,44H,10-15H2,1-4H3,(H,37,46)(H,40,43,45)/b23-17-. The van der Waals surface area contributed by atoms with Crippen molar-refractivity contribution in [2.24, 2.45) is 0 Å². The van der Waals surface area contributed by atoms with Crippen LogP contribution < -0.4 is 21.3 Å². The van der Waals surface area contributed by atoms with Gasteiger partial charge in [-0.25, -0.2) is 0 Å². The smallest absolute Gasteiger partial charge is 0.264 e. The number of amides is 5. The molecule has 5 amide bonds. The minimum atomic E-state index is -1.05. The molecule has 2 aromatic carbocycles. The van der Waals surface area contributed by atoms with Crippen LogP contribution in [0.1, 0.15) is 72.0 Å². The molecule has 3 aliphatic rings. The van der Waals surface area contributed by atoms with E-state index < -0.39 is 35.9 Å². The van der Waals surface area contributed by atoms with Crippen LogP contribution in [0.5, 0.6) is 0 Å². The van der Waals surface area contributed by atoms with Crippen LogP contribution >= 0.6 is 0 Å². The number of hydrogen-bond acceptors (Lipinski definition) is 9. The van der Waals surface area contributed by atoms with Gasteiger partial charge >= 0.3 is 0 Å². The number of piperidine rings is 1. The van der Waals surface area contributed by atoms with E-state index in [4.69, 9.17) is 0 Å². The lowest BCUT2D eigenvalue weighted by Gasteiger charge is -2.27. The molecule has 250 valence electrons. The summed E-state index contributed by atoms with van der Waals surface area (Å²) < 4.78 is 0. The first-order valence-electron chi connectivity index (χ1n) is 15.9. The van der Waals surface area contributed by atoms with Gasteiger partial charge in [-0.2, -0.15) is 0 Å². The zero-order chi connectivity index (χ0) is 34.3. The highest BCUT2D eigenvalue weighted by Gasteiger charge is 2.45. The number of nitrogens with one attached hydrogen (secondary N) is 5. The number of H-pyrrole nitrogens is 1. The lowest BCUT2D eigenvalue weighted by molar-refractivity contribution is -0.136. The third-order valence-electron chi connectivity index (χ3n) is 9.03. The number of aromatic nitrogens is 1. The highest BCUT2D eigenvalue weighted by atomic mass is 16.3. The molecule has 1 aromatic heterocycles. The molecule has 2 atom stereocenters. The van der Waals surface area contributed by atoms with Crippen LogP contribution in [0.25, 0.3) is 11.6 Å². The van der Waals surface area contributed by atoms with Crippen molar-refractivity contribution in [3.63, 3.8) is 0 Å². The van der Waals surface area contributed by atoms with Crippen LogP contribution in [0.3, 0.4) is 0 Å². The number of anilines is 2. The maximum absolute atomic E-state index is 13.3. The monoisotopic (exact) mass is 653 g/mol. The van der Waals surface area contributed by atoms with Crippen LogP contribution in [0.2, 0.25) is 0 Å². The van der Waals surface area contributed by atoms with E-state index in [0.717, 1.165) is 45.9 Å². The van der Waals surface area contributed by atoms with Gasteiger partial charge in [0, 0.05) is 60.0 Å². The van der Waals surface area contributed by atoms with Crippen molar-refractivity contribution in [2.75, 3.05) is 44.4 Å². The molecule has 4 heterocycles. The van der Waals surface area contributed by atoms with Crippen molar-refractivity contribution in [3.05, 3.63) is 81.2 Å². The van der Waals surface area contributed by atoms with Gasteiger partial charge < -0.3 is 30.9 Å². The summed E-state index contributed by atoms with van der Waals surface area (Å²) >= 11 is 0. The molecule has 1 saturated heterocycles. The van der Waals surface area contributed by atoms with Crippen LogP contribution in [0.15, 0.2) is 36.4 Å². The molecular weight excluding hydrogens is 614 g/mol. The number of imide groups is 2. The number of aryl methyl sites for hydroxylation is 1. The number of aliphatic hydroxyl groups is 1. The van der Waals surface area contributed by atoms with Crippen LogP contribution in [0.4, 0.5) is 11.4 Å². The quantitative estimate of drug-likeness (QED) is 0.142. The van der Waals surface area contributed by atoms with E-state index in [9.17, 15) is 29.1 Å². The second kappa shape index (κ2) is 13.1. The van der Waals surface area contributed by atoms with Crippen LogP contribution in [-0.4, -0.2) is 95.4 Å². The number of fused-ring (bicyclic) bond motifs is 2. The first-order valence-corrected chi connectivity index (χ1v) is 15.9. The summed E-state index contributed by atoms with van der Waals surface area (Å²) in [4.78, 5) is 70.1. The molecule has 13 nitrogen and oxygen atoms in total. The Hall–Kier alpha value is -5.27. The molecule has 1 fully saturated rings. The number of carbonyl (C=O) groups is 5. The summed E-state index contributed by atoms with van der Waals surface area (Å²) in [5.74, 6) is -2.57. The van der Waals surface area contributed by atoms with E-state index in [-0.39, 0.29) is 43.0 Å². The van der Waals surface area contributed by atoms with Gasteiger partial charge in [0.1, 0.15) is 6.04 Å². The molecule has 0 aliphatic carbocycles. The maximum Gasteiger partial charge on any atom is 0.264 e. The van der Waals surface area contributed by atoms with Crippen molar-refractivity contribution in [1.82, 2.24) is 25.4 Å². The van der Waals surface area contributed by atoms with E-state index in [1.807, 2.05) is 40.1 Å². The van der Waals surface area contributed by atoms with Crippen LogP contribution in [0, 0.1) is 13.8 Å². The van der Waals surface area contributed by atoms with Crippen molar-refractivity contribution in [1.29, 1.82) is 0 Å². The molecule has 0 bridgehead atoms. The summed E-state index contributed by atoms with van der Waals surface area (Å²) in [7, 11) is 4.06.